The van der Waals surface area contributed by atoms with Gasteiger partial charge in [0, 0.05) is 6.07 Å². The highest BCUT2D eigenvalue weighted by molar-refractivity contribution is 5.93. The van der Waals surface area contributed by atoms with Crippen LogP contribution in [0.4, 0.5) is 5.82 Å². The zero-order chi connectivity index (χ0) is 12.1. The molecule has 0 aliphatic carbocycles. The summed E-state index contributed by atoms with van der Waals surface area (Å²) in [5, 5.41) is 6.16. The van der Waals surface area contributed by atoms with Crippen molar-refractivity contribution in [2.24, 2.45) is 0 Å². The van der Waals surface area contributed by atoms with Crippen molar-refractivity contribution in [1.29, 1.82) is 0 Å². The van der Waals surface area contributed by atoms with Gasteiger partial charge in [0.25, 0.3) is 5.91 Å². The fraction of sp³-hybridized carbons (Fsp3) is 0.167. The molecule has 0 radical (unpaired) electrons. The Morgan fingerprint density at radius 1 is 1.35 bits per heavy atom. The Kier molecular flexibility index (Phi) is 3.40. The number of amides is 1. The summed E-state index contributed by atoms with van der Waals surface area (Å²) < 4.78 is 10.1. The molecule has 88 valence electrons. The van der Waals surface area contributed by atoms with E-state index in [1.807, 2.05) is 18.2 Å². The normalized spacial score (nSPS) is 11.8. The molecule has 1 heterocycles. The summed E-state index contributed by atoms with van der Waals surface area (Å²) in [4.78, 5) is 11.7. The van der Waals surface area contributed by atoms with Gasteiger partial charge < -0.3 is 14.6 Å². The SMILES string of the molecule is C[C@@H](Oc1ccccc1)C(=O)Nc1ccon1. The number of hydrogen-bond acceptors (Lipinski definition) is 4. The third-order valence-corrected chi connectivity index (χ3v) is 2.11. The first kappa shape index (κ1) is 11.2. The Balaban J connectivity index is 1.92. The van der Waals surface area contributed by atoms with Crippen molar-refractivity contribution in [2.75, 3.05) is 5.32 Å². The molecule has 1 aromatic carbocycles. The van der Waals surface area contributed by atoms with Crippen molar-refractivity contribution >= 4 is 11.7 Å². The lowest BCUT2D eigenvalue weighted by Gasteiger charge is -2.13. The van der Waals surface area contributed by atoms with E-state index in [-0.39, 0.29) is 5.91 Å². The number of rotatable bonds is 4. The second-order valence-corrected chi connectivity index (χ2v) is 3.45. The van der Waals surface area contributed by atoms with E-state index >= 15 is 0 Å². The van der Waals surface area contributed by atoms with Crippen molar-refractivity contribution < 1.29 is 14.1 Å². The lowest BCUT2D eigenvalue weighted by molar-refractivity contribution is -0.122. The monoisotopic (exact) mass is 232 g/mol. The van der Waals surface area contributed by atoms with Crippen LogP contribution in [0.15, 0.2) is 47.2 Å². The number of benzene rings is 1. The maximum absolute atomic E-state index is 11.7. The summed E-state index contributed by atoms with van der Waals surface area (Å²) >= 11 is 0. The first-order chi connectivity index (χ1) is 8.25. The number of anilines is 1. The highest BCUT2D eigenvalue weighted by Crippen LogP contribution is 2.11. The third-order valence-electron chi connectivity index (χ3n) is 2.11. The van der Waals surface area contributed by atoms with Crippen LogP contribution in [0.3, 0.4) is 0 Å². The van der Waals surface area contributed by atoms with Gasteiger partial charge in [-0.1, -0.05) is 23.4 Å². The fourth-order valence-corrected chi connectivity index (χ4v) is 1.26. The molecule has 0 bridgehead atoms. The summed E-state index contributed by atoms with van der Waals surface area (Å²) in [5.41, 5.74) is 0. The molecule has 0 saturated carbocycles. The number of ether oxygens (including phenoxy) is 1. The summed E-state index contributed by atoms with van der Waals surface area (Å²) in [6.07, 6.45) is 0.785. The molecule has 0 fully saturated rings. The number of nitrogens with zero attached hydrogens (tertiary/aromatic N) is 1. The Morgan fingerprint density at radius 3 is 2.76 bits per heavy atom. The van der Waals surface area contributed by atoms with Crippen LogP contribution in [0, 0.1) is 0 Å². The molecular formula is C12H12N2O3. The zero-order valence-electron chi connectivity index (χ0n) is 9.29. The standard InChI is InChI=1S/C12H12N2O3/c1-9(17-10-5-3-2-4-6-10)12(15)13-11-7-8-16-14-11/h2-9H,1H3,(H,13,14,15)/t9-/m1/s1. The summed E-state index contributed by atoms with van der Waals surface area (Å²) in [5.74, 6) is 0.747. The molecule has 0 unspecified atom stereocenters. The third kappa shape index (κ3) is 3.07. The van der Waals surface area contributed by atoms with E-state index in [0.717, 1.165) is 0 Å². The fourth-order valence-electron chi connectivity index (χ4n) is 1.26. The minimum absolute atomic E-state index is 0.275. The molecule has 0 saturated heterocycles. The van der Waals surface area contributed by atoms with Crippen molar-refractivity contribution in [3.8, 4) is 5.75 Å². The van der Waals surface area contributed by atoms with Crippen molar-refractivity contribution in [3.05, 3.63) is 42.7 Å². The van der Waals surface area contributed by atoms with E-state index in [9.17, 15) is 4.79 Å². The van der Waals surface area contributed by atoms with E-state index in [2.05, 4.69) is 15.0 Å². The van der Waals surface area contributed by atoms with E-state index in [1.165, 1.54) is 6.26 Å². The largest absolute Gasteiger partial charge is 0.481 e. The predicted molar refractivity (Wildman–Crippen MR) is 61.7 cm³/mol. The van der Waals surface area contributed by atoms with E-state index in [1.54, 1.807) is 25.1 Å². The number of para-hydroxylation sites is 1. The second kappa shape index (κ2) is 5.16. The van der Waals surface area contributed by atoms with Crippen LogP contribution in [0.1, 0.15) is 6.92 Å². The molecule has 1 amide bonds. The van der Waals surface area contributed by atoms with Gasteiger partial charge in [-0.25, -0.2) is 0 Å². The molecular weight excluding hydrogens is 220 g/mol. The summed E-state index contributed by atoms with van der Waals surface area (Å²) in [7, 11) is 0. The number of aromatic nitrogens is 1. The minimum Gasteiger partial charge on any atom is -0.481 e. The van der Waals surface area contributed by atoms with Crippen molar-refractivity contribution in [1.82, 2.24) is 5.16 Å². The lowest BCUT2D eigenvalue weighted by atomic mass is 10.3. The molecule has 0 spiro atoms. The van der Waals surface area contributed by atoms with Gasteiger partial charge in [0.05, 0.1) is 0 Å². The van der Waals surface area contributed by atoms with Crippen LogP contribution in [-0.4, -0.2) is 17.2 Å². The van der Waals surface area contributed by atoms with Crippen molar-refractivity contribution in [2.45, 2.75) is 13.0 Å². The van der Waals surface area contributed by atoms with Gasteiger partial charge in [-0.15, -0.1) is 0 Å². The van der Waals surface area contributed by atoms with Crippen molar-refractivity contribution in [3.63, 3.8) is 0 Å². The molecule has 1 aromatic heterocycles. The molecule has 1 N–H and O–H groups in total. The van der Waals surface area contributed by atoms with Gasteiger partial charge in [-0.3, -0.25) is 4.79 Å². The van der Waals surface area contributed by atoms with Gasteiger partial charge in [-0.05, 0) is 19.1 Å². The number of carbonyl (C=O) groups is 1. The molecule has 5 nitrogen and oxygen atoms in total. The van der Waals surface area contributed by atoms with Gasteiger partial charge in [0.2, 0.25) is 0 Å². The summed E-state index contributed by atoms with van der Waals surface area (Å²) in [6, 6.07) is 10.7. The van der Waals surface area contributed by atoms with Gasteiger partial charge in [0.1, 0.15) is 12.0 Å². The smallest absolute Gasteiger partial charge is 0.266 e. The number of hydrogen-bond donors (Lipinski definition) is 1. The number of nitrogens with one attached hydrogen (secondary N) is 1. The summed E-state index contributed by atoms with van der Waals surface area (Å²) in [6.45, 7) is 1.67. The average Bonchev–Trinajstić information content (AvgIpc) is 2.83. The molecule has 5 heteroatoms. The van der Waals surface area contributed by atoms with Gasteiger partial charge >= 0.3 is 0 Å². The van der Waals surface area contributed by atoms with Crippen LogP contribution < -0.4 is 10.1 Å². The molecule has 0 aliphatic rings. The molecule has 2 rings (SSSR count). The van der Waals surface area contributed by atoms with Crippen LogP contribution in [0.2, 0.25) is 0 Å². The highest BCUT2D eigenvalue weighted by Gasteiger charge is 2.15. The van der Waals surface area contributed by atoms with E-state index in [0.29, 0.717) is 11.6 Å². The second-order valence-electron chi connectivity index (χ2n) is 3.45. The quantitative estimate of drug-likeness (QED) is 0.876. The van der Waals surface area contributed by atoms with Crippen LogP contribution >= 0.6 is 0 Å². The average molecular weight is 232 g/mol. The Bertz CT molecular complexity index is 468. The molecule has 1 atom stereocenters. The maximum atomic E-state index is 11.7. The van der Waals surface area contributed by atoms with Crippen LogP contribution in [0.5, 0.6) is 5.75 Å². The topological polar surface area (TPSA) is 64.4 Å². The minimum atomic E-state index is -0.603. The first-order valence-electron chi connectivity index (χ1n) is 5.18. The van der Waals surface area contributed by atoms with E-state index in [4.69, 9.17) is 4.74 Å². The zero-order valence-corrected chi connectivity index (χ0v) is 9.29. The Labute approximate surface area is 98.4 Å². The Hall–Kier alpha value is -2.30. The van der Waals surface area contributed by atoms with Gasteiger partial charge in [-0.2, -0.15) is 0 Å². The lowest BCUT2D eigenvalue weighted by Crippen LogP contribution is -2.30. The molecule has 2 aromatic rings. The molecule has 0 aliphatic heterocycles. The maximum Gasteiger partial charge on any atom is 0.266 e. The Morgan fingerprint density at radius 2 is 2.12 bits per heavy atom. The first-order valence-corrected chi connectivity index (χ1v) is 5.18. The van der Waals surface area contributed by atoms with Gasteiger partial charge in [0.15, 0.2) is 11.9 Å². The van der Waals surface area contributed by atoms with E-state index < -0.39 is 6.10 Å². The van der Waals surface area contributed by atoms with Crippen LogP contribution in [-0.2, 0) is 4.79 Å². The molecule has 17 heavy (non-hydrogen) atoms. The predicted octanol–water partition coefficient (Wildman–Crippen LogP) is 2.08. The number of carbonyl (C=O) groups excluding carboxylic acids is 1. The van der Waals surface area contributed by atoms with Crippen LogP contribution in [0.25, 0.3) is 0 Å². The highest BCUT2D eigenvalue weighted by atomic mass is 16.5.